The van der Waals surface area contributed by atoms with Gasteiger partial charge in [-0.25, -0.2) is 0 Å². The molecule has 0 heterocycles. The van der Waals surface area contributed by atoms with Crippen molar-refractivity contribution in [2.24, 2.45) is 0 Å². The Bertz CT molecular complexity index is 390. The van der Waals surface area contributed by atoms with Gasteiger partial charge < -0.3 is 10.6 Å². The van der Waals surface area contributed by atoms with Crippen molar-refractivity contribution in [2.45, 2.75) is 13.3 Å². The zero-order valence-electron chi connectivity index (χ0n) is 9.63. The summed E-state index contributed by atoms with van der Waals surface area (Å²) in [5, 5.41) is 5.78. The van der Waals surface area contributed by atoms with Crippen LogP contribution in [0, 0.1) is 0 Å². The highest BCUT2D eigenvalue weighted by atomic mass is 35.5. The fraction of sp³-hybridized carbons (Fsp3) is 0.333. The number of nitrogens with one attached hydrogen (secondary N) is 2. The molecule has 0 bridgehead atoms. The topological polar surface area (TPSA) is 58.2 Å². The van der Waals surface area contributed by atoms with Gasteiger partial charge in [0.15, 0.2) is 0 Å². The molecule has 0 saturated carbocycles. The van der Waals surface area contributed by atoms with E-state index in [0.717, 1.165) is 5.56 Å². The summed E-state index contributed by atoms with van der Waals surface area (Å²) in [6.07, 6.45) is 0.247. The second kappa shape index (κ2) is 6.91. The molecule has 0 aromatic heterocycles. The molecule has 2 N–H and O–H groups in total. The maximum Gasteiger partial charge on any atom is 0.239 e. The van der Waals surface area contributed by atoms with Crippen LogP contribution in [-0.4, -0.2) is 24.9 Å². The van der Waals surface area contributed by atoms with Crippen LogP contribution in [0.5, 0.6) is 0 Å². The van der Waals surface area contributed by atoms with Crippen LogP contribution in [0.4, 0.5) is 0 Å². The van der Waals surface area contributed by atoms with Crippen LogP contribution < -0.4 is 10.6 Å². The van der Waals surface area contributed by atoms with Crippen LogP contribution in [0.1, 0.15) is 12.5 Å². The Hall–Kier alpha value is -1.55. The van der Waals surface area contributed by atoms with E-state index >= 15 is 0 Å². The van der Waals surface area contributed by atoms with Crippen molar-refractivity contribution in [1.29, 1.82) is 0 Å². The van der Waals surface area contributed by atoms with Gasteiger partial charge in [-0.3, -0.25) is 9.59 Å². The Morgan fingerprint density at radius 1 is 1.12 bits per heavy atom. The van der Waals surface area contributed by atoms with E-state index < -0.39 is 0 Å². The first-order chi connectivity index (χ1) is 8.11. The summed E-state index contributed by atoms with van der Waals surface area (Å²) < 4.78 is 0. The minimum atomic E-state index is -0.183. The molecule has 5 heteroatoms. The lowest BCUT2D eigenvalue weighted by Gasteiger charge is -2.05. The van der Waals surface area contributed by atoms with Crippen molar-refractivity contribution in [3.05, 3.63) is 34.9 Å². The van der Waals surface area contributed by atoms with Crippen molar-refractivity contribution in [3.63, 3.8) is 0 Å². The molecule has 1 rings (SSSR count). The molecule has 1 aromatic rings. The summed E-state index contributed by atoms with van der Waals surface area (Å²) in [4.78, 5) is 22.6. The Balaban J connectivity index is 2.34. The van der Waals surface area contributed by atoms with E-state index in [1.807, 2.05) is 6.92 Å². The lowest BCUT2D eigenvalue weighted by atomic mass is 10.1. The molecule has 0 saturated heterocycles. The number of rotatable bonds is 5. The summed E-state index contributed by atoms with van der Waals surface area (Å²) >= 11 is 5.73. The van der Waals surface area contributed by atoms with Gasteiger partial charge in [0.1, 0.15) is 0 Å². The molecule has 0 fully saturated rings. The third-order valence-electron chi connectivity index (χ3n) is 2.10. The molecule has 0 radical (unpaired) electrons. The SMILES string of the molecule is CCNC(=O)CNC(=O)Cc1ccc(Cl)cc1. The fourth-order valence-electron chi connectivity index (χ4n) is 1.29. The third-order valence-corrected chi connectivity index (χ3v) is 2.35. The van der Waals surface area contributed by atoms with Crippen molar-refractivity contribution in [3.8, 4) is 0 Å². The average molecular weight is 255 g/mol. The van der Waals surface area contributed by atoms with Gasteiger partial charge in [0.2, 0.25) is 11.8 Å². The van der Waals surface area contributed by atoms with E-state index in [2.05, 4.69) is 10.6 Å². The number of amides is 2. The fourth-order valence-corrected chi connectivity index (χ4v) is 1.41. The normalized spacial score (nSPS) is 9.76. The maximum absolute atomic E-state index is 11.5. The lowest BCUT2D eigenvalue weighted by Crippen LogP contribution is -2.37. The van der Waals surface area contributed by atoms with Crippen LogP contribution in [0.3, 0.4) is 0 Å². The summed E-state index contributed by atoms with van der Waals surface area (Å²) in [5.74, 6) is -0.365. The number of benzene rings is 1. The van der Waals surface area contributed by atoms with Gasteiger partial charge in [0.05, 0.1) is 13.0 Å². The van der Waals surface area contributed by atoms with E-state index in [9.17, 15) is 9.59 Å². The monoisotopic (exact) mass is 254 g/mol. The van der Waals surface area contributed by atoms with Crippen LogP contribution in [-0.2, 0) is 16.0 Å². The quantitative estimate of drug-likeness (QED) is 0.828. The van der Waals surface area contributed by atoms with Crippen molar-refractivity contribution in [2.75, 3.05) is 13.1 Å². The first kappa shape index (κ1) is 13.5. The first-order valence-corrected chi connectivity index (χ1v) is 5.77. The molecular formula is C12H15ClN2O2. The van der Waals surface area contributed by atoms with E-state index in [4.69, 9.17) is 11.6 Å². The summed E-state index contributed by atoms with van der Waals surface area (Å²) in [7, 11) is 0. The molecule has 0 aliphatic rings. The van der Waals surface area contributed by atoms with Crippen molar-refractivity contribution < 1.29 is 9.59 Å². The Kier molecular flexibility index (Phi) is 5.49. The standard InChI is InChI=1S/C12H15ClN2O2/c1-2-14-12(17)8-15-11(16)7-9-3-5-10(13)6-4-9/h3-6H,2,7-8H2,1H3,(H,14,17)(H,15,16). The number of hydrogen-bond donors (Lipinski definition) is 2. The van der Waals surface area contributed by atoms with Gasteiger partial charge in [0.25, 0.3) is 0 Å². The second-order valence-corrected chi connectivity index (χ2v) is 3.97. The molecular weight excluding hydrogens is 240 g/mol. The van der Waals surface area contributed by atoms with Gasteiger partial charge >= 0.3 is 0 Å². The van der Waals surface area contributed by atoms with Crippen molar-refractivity contribution in [1.82, 2.24) is 10.6 Å². The van der Waals surface area contributed by atoms with Gasteiger partial charge in [-0.15, -0.1) is 0 Å². The molecule has 0 aliphatic heterocycles. The second-order valence-electron chi connectivity index (χ2n) is 3.53. The molecule has 2 amide bonds. The van der Waals surface area contributed by atoms with Crippen LogP contribution in [0.2, 0.25) is 5.02 Å². The highest BCUT2D eigenvalue weighted by Crippen LogP contribution is 2.09. The molecule has 0 spiro atoms. The summed E-state index contributed by atoms with van der Waals surface area (Å²) in [6.45, 7) is 2.40. The molecule has 0 aliphatic carbocycles. The molecule has 92 valence electrons. The molecule has 0 atom stereocenters. The van der Waals surface area contributed by atoms with Crippen LogP contribution in [0.25, 0.3) is 0 Å². The molecule has 1 aromatic carbocycles. The first-order valence-electron chi connectivity index (χ1n) is 5.39. The number of carbonyl (C=O) groups excluding carboxylic acids is 2. The van der Waals surface area contributed by atoms with Gasteiger partial charge in [-0.05, 0) is 24.6 Å². The highest BCUT2D eigenvalue weighted by Gasteiger charge is 2.05. The Labute approximate surface area is 105 Å². The number of carbonyl (C=O) groups is 2. The van der Waals surface area contributed by atoms with Crippen molar-refractivity contribution >= 4 is 23.4 Å². The van der Waals surface area contributed by atoms with E-state index in [1.165, 1.54) is 0 Å². The summed E-state index contributed by atoms with van der Waals surface area (Å²) in [6, 6.07) is 7.03. The third kappa shape index (κ3) is 5.36. The smallest absolute Gasteiger partial charge is 0.239 e. The van der Waals surface area contributed by atoms with E-state index in [0.29, 0.717) is 11.6 Å². The summed E-state index contributed by atoms with van der Waals surface area (Å²) in [5.41, 5.74) is 0.864. The van der Waals surface area contributed by atoms with Gasteiger partial charge in [-0.1, -0.05) is 23.7 Å². The predicted octanol–water partition coefficient (Wildman–Crippen LogP) is 1.13. The predicted molar refractivity (Wildman–Crippen MR) is 66.8 cm³/mol. The maximum atomic E-state index is 11.5. The number of hydrogen-bond acceptors (Lipinski definition) is 2. The minimum Gasteiger partial charge on any atom is -0.355 e. The Morgan fingerprint density at radius 3 is 2.35 bits per heavy atom. The number of halogens is 1. The average Bonchev–Trinajstić information content (AvgIpc) is 2.30. The zero-order valence-corrected chi connectivity index (χ0v) is 10.4. The molecule has 4 nitrogen and oxygen atoms in total. The van der Waals surface area contributed by atoms with E-state index in [-0.39, 0.29) is 24.8 Å². The molecule has 17 heavy (non-hydrogen) atoms. The van der Waals surface area contributed by atoms with Crippen LogP contribution >= 0.6 is 11.6 Å². The number of likely N-dealkylation sites (N-methyl/N-ethyl adjacent to an activating group) is 1. The zero-order chi connectivity index (χ0) is 12.7. The van der Waals surface area contributed by atoms with Gasteiger partial charge in [-0.2, -0.15) is 0 Å². The lowest BCUT2D eigenvalue weighted by molar-refractivity contribution is -0.125. The van der Waals surface area contributed by atoms with E-state index in [1.54, 1.807) is 24.3 Å². The minimum absolute atomic E-state index is 0.0141. The largest absolute Gasteiger partial charge is 0.355 e. The highest BCUT2D eigenvalue weighted by molar-refractivity contribution is 6.30. The Morgan fingerprint density at radius 2 is 1.76 bits per heavy atom. The molecule has 0 unspecified atom stereocenters. The van der Waals surface area contributed by atoms with Gasteiger partial charge in [0, 0.05) is 11.6 Å². The van der Waals surface area contributed by atoms with Crippen LogP contribution in [0.15, 0.2) is 24.3 Å².